The maximum Gasteiger partial charge on any atom is 0.337 e. The second-order valence-electron chi connectivity index (χ2n) is 8.37. The van der Waals surface area contributed by atoms with Gasteiger partial charge in [0, 0.05) is 0 Å². The molecule has 166 valence electrons. The third-order valence-corrected chi connectivity index (χ3v) is 4.96. The Morgan fingerprint density at radius 2 is 1.75 bits per heavy atom. The average molecular weight is 433 g/mol. The fourth-order valence-electron chi connectivity index (χ4n) is 3.09. The van der Waals surface area contributed by atoms with Crippen LogP contribution in [0.25, 0.3) is 0 Å². The van der Waals surface area contributed by atoms with Gasteiger partial charge in [0.25, 0.3) is 0 Å². The topological polar surface area (TPSA) is 80.2 Å². The van der Waals surface area contributed by atoms with Crippen LogP contribution in [0.2, 0.25) is 0 Å². The Labute approximate surface area is 188 Å². The van der Waals surface area contributed by atoms with E-state index in [-0.39, 0.29) is 11.0 Å². The minimum Gasteiger partial charge on any atom is -0.493 e. The lowest BCUT2D eigenvalue weighted by Crippen LogP contribution is -2.10. The van der Waals surface area contributed by atoms with Gasteiger partial charge in [0.15, 0.2) is 11.5 Å². The summed E-state index contributed by atoms with van der Waals surface area (Å²) in [5, 5.41) is 13.4. The van der Waals surface area contributed by atoms with Crippen molar-refractivity contribution in [3.05, 3.63) is 89.0 Å². The van der Waals surface area contributed by atoms with Gasteiger partial charge in [0.2, 0.25) is 0 Å². The molecule has 0 aromatic heterocycles. The smallest absolute Gasteiger partial charge is 0.337 e. The quantitative estimate of drug-likeness (QED) is 0.352. The third-order valence-electron chi connectivity index (χ3n) is 4.96. The fraction of sp³-hybridized carbons (Fsp3) is 0.231. The Morgan fingerprint density at radius 1 is 1.03 bits per heavy atom. The van der Waals surface area contributed by atoms with E-state index < -0.39 is 5.97 Å². The zero-order chi connectivity index (χ0) is 23.1. The van der Waals surface area contributed by atoms with Gasteiger partial charge in [-0.15, -0.1) is 0 Å². The van der Waals surface area contributed by atoms with E-state index in [9.17, 15) is 9.90 Å². The summed E-state index contributed by atoms with van der Waals surface area (Å²) in [6, 6.07) is 20.5. The molecule has 0 unspecified atom stereocenters. The summed E-state index contributed by atoms with van der Waals surface area (Å²) >= 11 is 0. The van der Waals surface area contributed by atoms with Crippen molar-refractivity contribution in [1.82, 2.24) is 0 Å². The summed E-state index contributed by atoms with van der Waals surface area (Å²) in [5.74, 6) is 0.208. The molecule has 0 radical (unpaired) electrons. The van der Waals surface area contributed by atoms with Crippen LogP contribution in [0.5, 0.6) is 11.5 Å². The molecule has 0 heterocycles. The molecule has 0 atom stereocenters. The monoisotopic (exact) mass is 432 g/mol. The van der Waals surface area contributed by atoms with Gasteiger partial charge in [0.05, 0.1) is 24.6 Å². The number of hydrazone groups is 1. The van der Waals surface area contributed by atoms with Crippen LogP contribution < -0.4 is 14.9 Å². The number of benzene rings is 3. The van der Waals surface area contributed by atoms with Crippen LogP contribution >= 0.6 is 0 Å². The largest absolute Gasteiger partial charge is 0.493 e. The van der Waals surface area contributed by atoms with E-state index in [0.29, 0.717) is 23.8 Å². The highest BCUT2D eigenvalue weighted by Crippen LogP contribution is 2.29. The van der Waals surface area contributed by atoms with Crippen LogP contribution in [-0.2, 0) is 12.0 Å². The number of nitrogens with one attached hydrogen (secondary N) is 1. The molecule has 6 heteroatoms. The first kappa shape index (κ1) is 22.9. The van der Waals surface area contributed by atoms with Gasteiger partial charge in [-0.05, 0) is 52.4 Å². The van der Waals surface area contributed by atoms with E-state index in [1.165, 1.54) is 11.6 Å². The van der Waals surface area contributed by atoms with Gasteiger partial charge in [-0.25, -0.2) is 4.79 Å². The second kappa shape index (κ2) is 10.0. The maximum absolute atomic E-state index is 11.3. The standard InChI is InChI=1S/C26H28N2O4/c1-26(2,3)20-12-9-18(10-13-20)17-32-23-14-11-19(15-24(23)31-4)16-27-28-22-8-6-5-7-21(22)25(29)30/h5-16,28H,17H2,1-4H3,(H,29,30)/b27-16+. The van der Waals surface area contributed by atoms with Crippen LogP contribution in [-0.4, -0.2) is 24.4 Å². The van der Waals surface area contributed by atoms with Crippen LogP contribution in [0.4, 0.5) is 5.69 Å². The predicted molar refractivity (Wildman–Crippen MR) is 127 cm³/mol. The Bertz CT molecular complexity index is 1100. The second-order valence-corrected chi connectivity index (χ2v) is 8.37. The van der Waals surface area contributed by atoms with Crippen molar-refractivity contribution in [3.63, 3.8) is 0 Å². The lowest BCUT2D eigenvalue weighted by molar-refractivity contribution is 0.0698. The lowest BCUT2D eigenvalue weighted by atomic mass is 9.87. The summed E-state index contributed by atoms with van der Waals surface area (Å²) in [4.78, 5) is 11.3. The van der Waals surface area contributed by atoms with E-state index in [1.54, 1.807) is 31.5 Å². The first-order chi connectivity index (χ1) is 15.3. The number of methoxy groups -OCH3 is 1. The molecule has 3 aromatic carbocycles. The summed E-state index contributed by atoms with van der Waals surface area (Å²) in [6.45, 7) is 7.00. The van der Waals surface area contributed by atoms with Crippen molar-refractivity contribution < 1.29 is 19.4 Å². The van der Waals surface area contributed by atoms with Crippen molar-refractivity contribution >= 4 is 17.9 Å². The minimum atomic E-state index is -1.01. The van der Waals surface area contributed by atoms with Gasteiger partial charge in [0.1, 0.15) is 6.61 Å². The fourth-order valence-corrected chi connectivity index (χ4v) is 3.09. The van der Waals surface area contributed by atoms with Crippen molar-refractivity contribution in [2.75, 3.05) is 12.5 Å². The lowest BCUT2D eigenvalue weighted by Gasteiger charge is -2.19. The Morgan fingerprint density at radius 3 is 2.41 bits per heavy atom. The number of para-hydroxylation sites is 1. The van der Waals surface area contributed by atoms with E-state index in [0.717, 1.165) is 11.1 Å². The average Bonchev–Trinajstić information content (AvgIpc) is 2.78. The number of anilines is 1. The molecule has 0 aliphatic rings. The van der Waals surface area contributed by atoms with E-state index in [4.69, 9.17) is 9.47 Å². The summed E-state index contributed by atoms with van der Waals surface area (Å²) in [5.41, 5.74) is 6.60. The molecule has 2 N–H and O–H groups in total. The highest BCUT2D eigenvalue weighted by molar-refractivity contribution is 5.94. The molecule has 6 nitrogen and oxygen atoms in total. The van der Waals surface area contributed by atoms with Gasteiger partial charge in [-0.2, -0.15) is 5.10 Å². The highest BCUT2D eigenvalue weighted by Gasteiger charge is 2.13. The van der Waals surface area contributed by atoms with Gasteiger partial charge in [-0.1, -0.05) is 57.2 Å². The number of carboxylic acids is 1. The van der Waals surface area contributed by atoms with Crippen molar-refractivity contribution in [2.24, 2.45) is 5.10 Å². The molecule has 0 aliphatic carbocycles. The third kappa shape index (κ3) is 5.88. The van der Waals surface area contributed by atoms with Gasteiger partial charge < -0.3 is 14.6 Å². The van der Waals surface area contributed by atoms with Crippen molar-refractivity contribution in [3.8, 4) is 11.5 Å². The van der Waals surface area contributed by atoms with Crippen LogP contribution in [0.1, 0.15) is 47.8 Å². The number of nitrogens with zero attached hydrogens (tertiary/aromatic N) is 1. The summed E-state index contributed by atoms with van der Waals surface area (Å²) in [7, 11) is 1.59. The molecule has 0 bridgehead atoms. The number of hydrogen-bond acceptors (Lipinski definition) is 5. The number of hydrogen-bond donors (Lipinski definition) is 2. The van der Waals surface area contributed by atoms with Crippen molar-refractivity contribution in [2.45, 2.75) is 32.8 Å². The summed E-state index contributed by atoms with van der Waals surface area (Å²) < 4.78 is 11.4. The number of aromatic carboxylic acids is 1. The van der Waals surface area contributed by atoms with E-state index in [2.05, 4.69) is 55.6 Å². The molecule has 32 heavy (non-hydrogen) atoms. The molecule has 0 amide bonds. The molecule has 0 aliphatic heterocycles. The molecular formula is C26H28N2O4. The molecule has 0 fully saturated rings. The number of carbonyl (C=O) groups is 1. The summed E-state index contributed by atoms with van der Waals surface area (Å²) in [6.07, 6.45) is 1.59. The molecule has 3 rings (SSSR count). The molecule has 0 saturated heterocycles. The highest BCUT2D eigenvalue weighted by atomic mass is 16.5. The van der Waals surface area contributed by atoms with Crippen LogP contribution in [0.15, 0.2) is 71.8 Å². The molecule has 0 saturated carbocycles. The van der Waals surface area contributed by atoms with Crippen LogP contribution in [0.3, 0.4) is 0 Å². The van der Waals surface area contributed by atoms with E-state index in [1.807, 2.05) is 18.2 Å². The zero-order valence-corrected chi connectivity index (χ0v) is 18.8. The first-order valence-electron chi connectivity index (χ1n) is 10.3. The minimum absolute atomic E-state index is 0.116. The Balaban J connectivity index is 1.66. The number of carboxylic acid groups (broad SMARTS) is 1. The SMILES string of the molecule is COc1cc(/C=N/Nc2ccccc2C(=O)O)ccc1OCc1ccc(C(C)(C)C)cc1. The molecule has 3 aromatic rings. The van der Waals surface area contributed by atoms with Gasteiger partial charge >= 0.3 is 5.97 Å². The molecular weight excluding hydrogens is 404 g/mol. The van der Waals surface area contributed by atoms with Gasteiger partial charge in [-0.3, -0.25) is 5.43 Å². The van der Waals surface area contributed by atoms with Crippen molar-refractivity contribution in [1.29, 1.82) is 0 Å². The Kier molecular flexibility index (Phi) is 7.15. The first-order valence-corrected chi connectivity index (χ1v) is 10.3. The van der Waals surface area contributed by atoms with Crippen LogP contribution in [0, 0.1) is 0 Å². The Hall–Kier alpha value is -3.80. The number of rotatable bonds is 8. The van der Waals surface area contributed by atoms with E-state index >= 15 is 0 Å². The maximum atomic E-state index is 11.3. The zero-order valence-electron chi connectivity index (χ0n) is 18.8. The predicted octanol–water partition coefficient (Wildman–Crippen LogP) is 5.72. The molecule has 0 spiro atoms. The normalized spacial score (nSPS) is 11.4. The number of ether oxygens (including phenoxy) is 2.